The number of nitrogens with zero attached hydrogens (tertiary/aromatic N) is 6. The summed E-state index contributed by atoms with van der Waals surface area (Å²) in [6.07, 6.45) is -1.13. The standard InChI is InChI=1S/C18H18N6O4/c1-9-2-4-10(5-3-9)15-21-22-17-12-16(20-8-23(15)17)24(7-19-12)18-14(27)13(26)11(6-25)28-18/h2-5,7-8,11,13-14,18,25-27H,6H2,1H3/t11-,13-,14-,18-/m1/s1. The van der Waals surface area contributed by atoms with Crippen molar-refractivity contribution >= 4 is 16.8 Å². The predicted molar refractivity (Wildman–Crippen MR) is 97.3 cm³/mol. The van der Waals surface area contributed by atoms with Crippen molar-refractivity contribution in [1.29, 1.82) is 0 Å². The van der Waals surface area contributed by atoms with Gasteiger partial charge in [0.05, 0.1) is 12.9 Å². The van der Waals surface area contributed by atoms with Crippen molar-refractivity contribution < 1.29 is 20.1 Å². The third kappa shape index (κ3) is 2.43. The molecule has 5 rings (SSSR count). The molecule has 4 atom stereocenters. The van der Waals surface area contributed by atoms with E-state index < -0.39 is 31.1 Å². The Kier molecular flexibility index (Phi) is 3.88. The van der Waals surface area contributed by atoms with E-state index in [1.807, 2.05) is 31.2 Å². The quantitative estimate of drug-likeness (QED) is 0.453. The maximum atomic E-state index is 10.3. The van der Waals surface area contributed by atoms with E-state index in [9.17, 15) is 15.3 Å². The molecule has 4 heterocycles. The number of imidazole rings is 1. The first-order chi connectivity index (χ1) is 13.6. The van der Waals surface area contributed by atoms with Crippen LogP contribution in [-0.2, 0) is 4.74 Å². The van der Waals surface area contributed by atoms with E-state index in [4.69, 9.17) is 4.74 Å². The fourth-order valence-electron chi connectivity index (χ4n) is 3.51. The van der Waals surface area contributed by atoms with Gasteiger partial charge in [-0.2, -0.15) is 0 Å². The smallest absolute Gasteiger partial charge is 0.192 e. The Morgan fingerprint density at radius 1 is 1.00 bits per heavy atom. The van der Waals surface area contributed by atoms with Crippen LogP contribution in [0.1, 0.15) is 11.8 Å². The lowest BCUT2D eigenvalue weighted by molar-refractivity contribution is -0.0511. The van der Waals surface area contributed by atoms with E-state index in [1.165, 1.54) is 10.9 Å². The van der Waals surface area contributed by atoms with E-state index in [0.29, 0.717) is 22.6 Å². The molecule has 1 aliphatic rings. The molecule has 1 saturated heterocycles. The van der Waals surface area contributed by atoms with Crippen LogP contribution in [0.3, 0.4) is 0 Å². The molecule has 144 valence electrons. The molecule has 1 aliphatic heterocycles. The zero-order chi connectivity index (χ0) is 19.4. The minimum absolute atomic E-state index is 0.400. The van der Waals surface area contributed by atoms with Gasteiger partial charge in [0.15, 0.2) is 28.9 Å². The van der Waals surface area contributed by atoms with Gasteiger partial charge in [-0.25, -0.2) is 9.97 Å². The second kappa shape index (κ2) is 6.31. The molecule has 1 fully saturated rings. The average molecular weight is 382 g/mol. The van der Waals surface area contributed by atoms with Gasteiger partial charge in [0, 0.05) is 5.56 Å². The predicted octanol–water partition coefficient (Wildman–Crippen LogP) is 0.0609. The summed E-state index contributed by atoms with van der Waals surface area (Å²) in [5.41, 5.74) is 3.50. The molecule has 28 heavy (non-hydrogen) atoms. The second-order valence-electron chi connectivity index (χ2n) is 6.88. The molecule has 0 radical (unpaired) electrons. The van der Waals surface area contributed by atoms with Crippen LogP contribution in [0.25, 0.3) is 28.2 Å². The fraction of sp³-hybridized carbons (Fsp3) is 0.333. The van der Waals surface area contributed by atoms with Crippen LogP contribution in [0.5, 0.6) is 0 Å². The highest BCUT2D eigenvalue weighted by Gasteiger charge is 2.44. The highest BCUT2D eigenvalue weighted by molar-refractivity contribution is 5.86. The number of aliphatic hydroxyl groups is 3. The number of aromatic nitrogens is 6. The van der Waals surface area contributed by atoms with Crippen LogP contribution < -0.4 is 0 Å². The van der Waals surface area contributed by atoms with Crippen molar-refractivity contribution in [1.82, 2.24) is 29.1 Å². The molecule has 0 spiro atoms. The molecular weight excluding hydrogens is 364 g/mol. The maximum absolute atomic E-state index is 10.3. The molecule has 3 aromatic heterocycles. The number of hydrogen-bond donors (Lipinski definition) is 3. The molecule has 10 heteroatoms. The first-order valence-electron chi connectivity index (χ1n) is 8.84. The molecule has 0 unspecified atom stereocenters. The summed E-state index contributed by atoms with van der Waals surface area (Å²) in [5, 5.41) is 38.1. The van der Waals surface area contributed by atoms with E-state index in [0.717, 1.165) is 11.1 Å². The zero-order valence-electron chi connectivity index (χ0n) is 14.9. The first kappa shape index (κ1) is 17.2. The summed E-state index contributed by atoms with van der Waals surface area (Å²) in [4.78, 5) is 8.81. The number of aliphatic hydroxyl groups excluding tert-OH is 3. The van der Waals surface area contributed by atoms with Crippen molar-refractivity contribution in [3.63, 3.8) is 0 Å². The van der Waals surface area contributed by atoms with Gasteiger partial charge >= 0.3 is 0 Å². The van der Waals surface area contributed by atoms with Gasteiger partial charge in [-0.3, -0.25) is 8.97 Å². The highest BCUT2D eigenvalue weighted by Crippen LogP contribution is 2.32. The third-order valence-electron chi connectivity index (χ3n) is 5.07. The SMILES string of the molecule is Cc1ccc(-c2nnc3c4ncn([C@@H]5O[C@H](CO)[C@@H](O)[C@H]5O)c4ncn23)cc1. The molecule has 0 bridgehead atoms. The summed E-state index contributed by atoms with van der Waals surface area (Å²) in [6.45, 7) is 1.62. The van der Waals surface area contributed by atoms with E-state index >= 15 is 0 Å². The molecular formula is C18H18N6O4. The summed E-state index contributed by atoms with van der Waals surface area (Å²) in [5.74, 6) is 0.645. The van der Waals surface area contributed by atoms with Crippen molar-refractivity contribution in [2.75, 3.05) is 6.61 Å². The van der Waals surface area contributed by atoms with Gasteiger partial charge in [0.2, 0.25) is 0 Å². The van der Waals surface area contributed by atoms with Crippen molar-refractivity contribution in [3.8, 4) is 11.4 Å². The van der Waals surface area contributed by atoms with Gasteiger partial charge < -0.3 is 20.1 Å². The van der Waals surface area contributed by atoms with Crippen LogP contribution in [0, 0.1) is 6.92 Å². The Morgan fingerprint density at radius 3 is 2.50 bits per heavy atom. The summed E-state index contributed by atoms with van der Waals surface area (Å²) >= 11 is 0. The minimum atomic E-state index is -1.21. The molecule has 1 aromatic carbocycles. The molecule has 0 aliphatic carbocycles. The van der Waals surface area contributed by atoms with Gasteiger partial charge in [-0.05, 0) is 6.92 Å². The van der Waals surface area contributed by atoms with Gasteiger partial charge in [-0.15, -0.1) is 10.2 Å². The summed E-state index contributed by atoms with van der Waals surface area (Å²) < 4.78 is 8.85. The number of aryl methyl sites for hydroxylation is 1. The number of rotatable bonds is 3. The Hall–Kier alpha value is -2.92. The van der Waals surface area contributed by atoms with Crippen molar-refractivity contribution in [2.45, 2.75) is 31.5 Å². The van der Waals surface area contributed by atoms with Gasteiger partial charge in [0.25, 0.3) is 0 Å². The van der Waals surface area contributed by atoms with Crippen molar-refractivity contribution in [2.24, 2.45) is 0 Å². The van der Waals surface area contributed by atoms with Gasteiger partial charge in [0.1, 0.15) is 24.6 Å². The maximum Gasteiger partial charge on any atom is 0.192 e. The largest absolute Gasteiger partial charge is 0.394 e. The molecule has 4 aromatic rings. The average Bonchev–Trinajstić information content (AvgIpc) is 3.39. The molecule has 10 nitrogen and oxygen atoms in total. The van der Waals surface area contributed by atoms with E-state index in [1.54, 1.807) is 10.7 Å². The number of hydrogen-bond acceptors (Lipinski definition) is 8. The van der Waals surface area contributed by atoms with Gasteiger partial charge in [-0.1, -0.05) is 29.8 Å². The first-order valence-corrected chi connectivity index (χ1v) is 8.84. The van der Waals surface area contributed by atoms with Crippen LogP contribution in [0.2, 0.25) is 0 Å². The molecule has 0 amide bonds. The van der Waals surface area contributed by atoms with Crippen LogP contribution in [0.4, 0.5) is 0 Å². The zero-order valence-corrected chi connectivity index (χ0v) is 14.9. The normalized spacial score (nSPS) is 25.1. The topological polar surface area (TPSA) is 131 Å². The lowest BCUT2D eigenvalue weighted by Gasteiger charge is -2.16. The number of ether oxygens (including phenoxy) is 1. The van der Waals surface area contributed by atoms with Crippen molar-refractivity contribution in [3.05, 3.63) is 42.5 Å². The van der Waals surface area contributed by atoms with Crippen LogP contribution in [0.15, 0.2) is 36.9 Å². The Bertz CT molecular complexity index is 1150. The van der Waals surface area contributed by atoms with E-state index in [2.05, 4.69) is 20.2 Å². The number of benzene rings is 1. The second-order valence-corrected chi connectivity index (χ2v) is 6.88. The Labute approximate surface area is 158 Å². The summed E-state index contributed by atoms with van der Waals surface area (Å²) in [6, 6.07) is 7.93. The lowest BCUT2D eigenvalue weighted by atomic mass is 10.1. The Morgan fingerprint density at radius 2 is 1.79 bits per heavy atom. The highest BCUT2D eigenvalue weighted by atomic mass is 16.6. The lowest BCUT2D eigenvalue weighted by Crippen LogP contribution is -2.33. The molecule has 3 N–H and O–H groups in total. The van der Waals surface area contributed by atoms with Crippen LogP contribution in [-0.4, -0.2) is 69.4 Å². The van der Waals surface area contributed by atoms with E-state index in [-0.39, 0.29) is 0 Å². The monoisotopic (exact) mass is 382 g/mol. The Balaban J connectivity index is 1.61. The third-order valence-corrected chi connectivity index (χ3v) is 5.07. The summed E-state index contributed by atoms with van der Waals surface area (Å²) in [7, 11) is 0. The van der Waals surface area contributed by atoms with Crippen LogP contribution >= 0.6 is 0 Å². The fourth-order valence-corrected chi connectivity index (χ4v) is 3.51. The number of fused-ring (bicyclic) bond motifs is 3. The molecule has 0 saturated carbocycles. The minimum Gasteiger partial charge on any atom is -0.394 e.